The number of amides is 1. The van der Waals surface area contributed by atoms with Gasteiger partial charge >= 0.3 is 0 Å². The van der Waals surface area contributed by atoms with Crippen molar-refractivity contribution in [3.63, 3.8) is 0 Å². The topological polar surface area (TPSA) is 73.6 Å². The number of fused-ring (bicyclic) bond motifs is 1. The second-order valence-electron chi connectivity index (χ2n) is 8.97. The number of carbonyl (C=O) groups is 1. The van der Waals surface area contributed by atoms with Crippen molar-refractivity contribution in [2.75, 3.05) is 19.0 Å². The summed E-state index contributed by atoms with van der Waals surface area (Å²) in [6.45, 7) is 17.1. The third-order valence-corrected chi connectivity index (χ3v) is 5.70. The molecule has 0 aliphatic rings. The van der Waals surface area contributed by atoms with Gasteiger partial charge in [0.25, 0.3) is 5.91 Å². The Morgan fingerprint density at radius 1 is 0.708 bits per heavy atom. The molecule has 232 valence electrons. The minimum absolute atomic E-state index is 0.0854. The van der Waals surface area contributed by atoms with Crippen LogP contribution in [0.4, 0.5) is 5.69 Å². The highest BCUT2D eigenvalue weighted by Gasteiger charge is 2.10. The summed E-state index contributed by atoms with van der Waals surface area (Å²) in [7, 11) is 1.60. The monoisotopic (exact) mass is 626 g/mol. The highest BCUT2D eigenvalue weighted by atomic mass is 16.5. The third kappa shape index (κ3) is 13.5. The number of ether oxygens (including phenoxy) is 2. The van der Waals surface area contributed by atoms with E-state index in [2.05, 4.69) is 124 Å². The van der Waals surface area contributed by atoms with Crippen LogP contribution in [0.1, 0.15) is 11.1 Å². The van der Waals surface area contributed by atoms with Crippen molar-refractivity contribution < 1.29 is 18.7 Å². The Morgan fingerprint density at radius 3 is 1.69 bits per heavy atom. The molecule has 1 amide bonds. The van der Waals surface area contributed by atoms with E-state index in [1.807, 2.05) is 43.3 Å². The summed E-state index contributed by atoms with van der Waals surface area (Å²) in [6, 6.07) is 18.4. The fourth-order valence-electron chi connectivity index (χ4n) is 3.38. The second kappa shape index (κ2) is 21.3. The quantitative estimate of drug-likeness (QED) is 0.216. The molecule has 1 heterocycles. The maximum absolute atomic E-state index is 12.2. The van der Waals surface area contributed by atoms with Crippen LogP contribution in [0.3, 0.4) is 0 Å². The van der Waals surface area contributed by atoms with Crippen LogP contribution >= 0.6 is 0 Å². The van der Waals surface area contributed by atoms with Gasteiger partial charge in [0.1, 0.15) is 17.0 Å². The molecule has 0 spiro atoms. The summed E-state index contributed by atoms with van der Waals surface area (Å²) in [5.41, 5.74) is 39.4. The van der Waals surface area contributed by atoms with Crippen LogP contribution in [-0.4, -0.2) is 24.6 Å². The number of oxazole rings is 1. The third-order valence-electron chi connectivity index (χ3n) is 5.70. The number of methoxy groups -OCH3 is 1. The first kappa shape index (κ1) is 36.8. The molecule has 6 heteroatoms. The van der Waals surface area contributed by atoms with E-state index in [0.29, 0.717) is 17.3 Å². The Labute approximate surface area is 280 Å². The minimum atomic E-state index is -0.244. The number of aromatic nitrogens is 1. The van der Waals surface area contributed by atoms with E-state index in [0.717, 1.165) is 22.4 Å². The molecule has 4 aromatic rings. The molecule has 4 rings (SSSR count). The van der Waals surface area contributed by atoms with Gasteiger partial charge in [0.2, 0.25) is 5.89 Å². The molecular formula is C42H30N2O4. The van der Waals surface area contributed by atoms with E-state index in [-0.39, 0.29) is 12.5 Å². The minimum Gasteiger partial charge on any atom is -0.497 e. The number of aryl methyl sites for hydroxylation is 2. The van der Waals surface area contributed by atoms with Gasteiger partial charge in [-0.3, -0.25) is 4.79 Å². The summed E-state index contributed by atoms with van der Waals surface area (Å²) in [5.74, 6) is 1.64. The lowest BCUT2D eigenvalue weighted by molar-refractivity contribution is -0.118. The molecule has 1 aromatic heterocycles. The zero-order chi connectivity index (χ0) is 35.0. The molecule has 0 bridgehead atoms. The Bertz CT molecular complexity index is 2110. The van der Waals surface area contributed by atoms with E-state index < -0.39 is 0 Å². The van der Waals surface area contributed by atoms with Crippen molar-refractivity contribution in [3.8, 4) is 23.0 Å². The maximum atomic E-state index is 12.2. The average Bonchev–Trinajstić information content (AvgIpc) is 3.51. The molecule has 0 saturated heterocycles. The zero-order valence-electron chi connectivity index (χ0n) is 26.9. The van der Waals surface area contributed by atoms with Crippen molar-refractivity contribution >= 4 is 22.7 Å². The first-order chi connectivity index (χ1) is 23.3. The molecule has 0 fully saturated rings. The Kier molecular flexibility index (Phi) is 16.3. The highest BCUT2D eigenvalue weighted by Crippen LogP contribution is 2.27. The fraction of sp³-hybridized carbons (Fsp3) is 0.0952. The van der Waals surface area contributed by atoms with Crippen molar-refractivity contribution in [1.29, 1.82) is 0 Å². The van der Waals surface area contributed by atoms with Crippen LogP contribution in [-0.2, 0) is 4.79 Å². The van der Waals surface area contributed by atoms with Crippen LogP contribution < -0.4 is 14.8 Å². The molecule has 0 unspecified atom stereocenters. The number of benzene rings is 3. The van der Waals surface area contributed by atoms with E-state index in [1.165, 1.54) is 11.1 Å². The number of rotatable bonds is 6. The molecule has 0 saturated carbocycles. The van der Waals surface area contributed by atoms with E-state index in [4.69, 9.17) is 13.9 Å². The van der Waals surface area contributed by atoms with Crippen LogP contribution in [0.15, 0.2) is 172 Å². The lowest BCUT2D eigenvalue weighted by Crippen LogP contribution is -2.20. The molecule has 0 aliphatic carbocycles. The van der Waals surface area contributed by atoms with Crippen LogP contribution in [0, 0.1) is 13.8 Å². The lowest BCUT2D eigenvalue weighted by Gasteiger charge is -2.08. The standard InChI is InChI=1S/C24H22N2O4.2C9H4/c1-15-12-21-22(13-16(15)2)30-24(26-21)17-4-6-18(7-5-17)25-23(27)14-29-20-10-8-19(28-3)9-11-20;2*1-3-5-7-9-8-6-4-2/h4-13H,14H2,1-3H3,(H,25,27);2*1-2H2. The Balaban J connectivity index is 0.000000366. The molecule has 6 nitrogen and oxygen atoms in total. The van der Waals surface area contributed by atoms with Gasteiger partial charge in [-0.05, 0) is 169 Å². The smallest absolute Gasteiger partial charge is 0.262 e. The number of hydrogen-bond donors (Lipinski definition) is 1. The fourth-order valence-corrected chi connectivity index (χ4v) is 3.38. The normalized spacial score (nSPS) is 8.06. The van der Waals surface area contributed by atoms with Crippen molar-refractivity contribution in [2.24, 2.45) is 0 Å². The van der Waals surface area contributed by atoms with Gasteiger partial charge in [0.05, 0.1) is 7.11 Å². The Hall–Kier alpha value is -7.40. The predicted octanol–water partition coefficient (Wildman–Crippen LogP) is 8.91. The van der Waals surface area contributed by atoms with Gasteiger partial charge in [-0.25, -0.2) is 4.98 Å². The van der Waals surface area contributed by atoms with Gasteiger partial charge in [-0.15, -0.1) is 0 Å². The van der Waals surface area contributed by atoms with Gasteiger partial charge in [-0.2, -0.15) is 0 Å². The summed E-state index contributed by atoms with van der Waals surface area (Å²) < 4.78 is 16.5. The van der Waals surface area contributed by atoms with Crippen molar-refractivity contribution in [2.45, 2.75) is 13.8 Å². The number of carbonyl (C=O) groups excluding carboxylic acids is 1. The molecule has 3 aromatic carbocycles. The highest BCUT2D eigenvalue weighted by molar-refractivity contribution is 5.92. The second-order valence-corrected chi connectivity index (χ2v) is 8.97. The summed E-state index contributed by atoms with van der Waals surface area (Å²) in [6.07, 6.45) is 0. The lowest BCUT2D eigenvalue weighted by atomic mass is 10.1. The average molecular weight is 627 g/mol. The van der Waals surface area contributed by atoms with Gasteiger partial charge < -0.3 is 19.2 Å². The largest absolute Gasteiger partial charge is 0.497 e. The maximum Gasteiger partial charge on any atom is 0.262 e. The molecule has 0 atom stereocenters. The first-order valence-electron chi connectivity index (χ1n) is 14.0. The summed E-state index contributed by atoms with van der Waals surface area (Å²) in [5, 5.41) is 2.82. The van der Waals surface area contributed by atoms with Crippen LogP contribution in [0.5, 0.6) is 11.5 Å². The molecule has 0 radical (unpaired) electrons. The molecular weight excluding hydrogens is 596 g/mol. The number of anilines is 1. The first-order valence-corrected chi connectivity index (χ1v) is 14.0. The van der Waals surface area contributed by atoms with Crippen molar-refractivity contribution in [1.82, 2.24) is 4.98 Å². The number of nitrogens with zero attached hydrogens (tertiary/aromatic N) is 1. The molecule has 0 aliphatic heterocycles. The van der Waals surface area contributed by atoms with Crippen LogP contribution in [0.25, 0.3) is 22.6 Å². The summed E-state index contributed by atoms with van der Waals surface area (Å²) >= 11 is 0. The predicted molar refractivity (Wildman–Crippen MR) is 188 cm³/mol. The van der Waals surface area contributed by atoms with Gasteiger partial charge in [0, 0.05) is 11.3 Å². The van der Waals surface area contributed by atoms with E-state index >= 15 is 0 Å². The SMILES string of the molecule is C=C=C=C=C=C=C=C=C.C=C=C=C=C=C=C=C=C.COc1ccc(OCC(=O)Nc2ccc(-c3nc4cc(C)c(C)cc4o3)cc2)cc1. The Morgan fingerprint density at radius 2 is 1.19 bits per heavy atom. The van der Waals surface area contributed by atoms with Crippen LogP contribution in [0.2, 0.25) is 0 Å². The van der Waals surface area contributed by atoms with Gasteiger partial charge in [0.15, 0.2) is 12.2 Å². The number of hydrogen-bond acceptors (Lipinski definition) is 5. The van der Waals surface area contributed by atoms with E-state index in [9.17, 15) is 4.79 Å². The molecule has 1 N–H and O–H groups in total. The van der Waals surface area contributed by atoms with Gasteiger partial charge in [-0.1, -0.05) is 22.9 Å². The summed E-state index contributed by atoms with van der Waals surface area (Å²) in [4.78, 5) is 16.7. The molecule has 48 heavy (non-hydrogen) atoms. The zero-order valence-corrected chi connectivity index (χ0v) is 26.9. The van der Waals surface area contributed by atoms with Crippen molar-refractivity contribution in [3.05, 3.63) is 178 Å². The van der Waals surface area contributed by atoms with E-state index in [1.54, 1.807) is 31.4 Å². The number of nitrogens with one attached hydrogen (secondary N) is 1.